The quantitative estimate of drug-likeness (QED) is 0.480. The van der Waals surface area contributed by atoms with E-state index >= 15 is 0 Å². The number of esters is 1. The number of sulfonamides is 1. The number of benzene rings is 1. The summed E-state index contributed by atoms with van der Waals surface area (Å²) in [5, 5.41) is 5.65. The molecule has 3 aromatic rings. The zero-order valence-corrected chi connectivity index (χ0v) is 19.9. The molecular formula is C24H23N3O7S. The van der Waals surface area contributed by atoms with Crippen LogP contribution in [0.15, 0.2) is 68.9 Å². The lowest BCUT2D eigenvalue weighted by Crippen LogP contribution is -2.34. The van der Waals surface area contributed by atoms with Crippen molar-refractivity contribution < 1.29 is 31.6 Å². The highest BCUT2D eigenvalue weighted by atomic mass is 32.2. The molecule has 0 saturated heterocycles. The number of carbonyl (C=O) groups excluding carboxylic acids is 2. The van der Waals surface area contributed by atoms with Crippen LogP contribution < -0.4 is 4.31 Å². The highest BCUT2D eigenvalue weighted by Crippen LogP contribution is 2.35. The molecule has 0 aliphatic carbocycles. The molecule has 2 unspecified atom stereocenters. The maximum atomic E-state index is 13.0. The number of furan rings is 2. The van der Waals surface area contributed by atoms with Crippen LogP contribution in [0.25, 0.3) is 0 Å². The van der Waals surface area contributed by atoms with Crippen LogP contribution in [0.5, 0.6) is 0 Å². The molecule has 0 fully saturated rings. The van der Waals surface area contributed by atoms with Crippen LogP contribution >= 0.6 is 0 Å². The predicted molar refractivity (Wildman–Crippen MR) is 125 cm³/mol. The van der Waals surface area contributed by atoms with Gasteiger partial charge in [-0.3, -0.25) is 9.10 Å². The summed E-state index contributed by atoms with van der Waals surface area (Å²) in [5.74, 6) is -0.0996. The molecule has 11 heteroatoms. The molecule has 1 aromatic carbocycles. The molecule has 2 atom stereocenters. The van der Waals surface area contributed by atoms with E-state index in [9.17, 15) is 18.0 Å². The number of fused-ring (bicyclic) bond motifs is 1. The van der Waals surface area contributed by atoms with Crippen LogP contribution in [0.3, 0.4) is 0 Å². The van der Waals surface area contributed by atoms with E-state index in [0.29, 0.717) is 35.8 Å². The molecule has 0 saturated carbocycles. The van der Waals surface area contributed by atoms with E-state index in [1.165, 1.54) is 27.9 Å². The minimum atomic E-state index is -3.43. The summed E-state index contributed by atoms with van der Waals surface area (Å²) in [6.45, 7) is 1.29. The summed E-state index contributed by atoms with van der Waals surface area (Å²) >= 11 is 0. The van der Waals surface area contributed by atoms with Crippen LogP contribution in [0, 0.1) is 0 Å². The van der Waals surface area contributed by atoms with Gasteiger partial charge in [0.05, 0.1) is 30.0 Å². The van der Waals surface area contributed by atoms with Crippen molar-refractivity contribution in [2.45, 2.75) is 31.8 Å². The second kappa shape index (κ2) is 8.73. The summed E-state index contributed by atoms with van der Waals surface area (Å²) < 4.78 is 41.8. The summed E-state index contributed by atoms with van der Waals surface area (Å²) in [6.07, 6.45) is 5.06. The number of carbonyl (C=O) groups is 2. The molecular weight excluding hydrogens is 474 g/mol. The van der Waals surface area contributed by atoms with Gasteiger partial charge < -0.3 is 13.6 Å². The van der Waals surface area contributed by atoms with Gasteiger partial charge in [0.25, 0.3) is 5.91 Å². The van der Waals surface area contributed by atoms with Gasteiger partial charge in [-0.15, -0.1) is 0 Å². The first-order valence-electron chi connectivity index (χ1n) is 11.0. The van der Waals surface area contributed by atoms with Crippen LogP contribution in [-0.4, -0.2) is 49.9 Å². The lowest BCUT2D eigenvalue weighted by molar-refractivity contribution is -0.136. The van der Waals surface area contributed by atoms with Crippen LogP contribution in [0.1, 0.15) is 46.8 Å². The highest BCUT2D eigenvalue weighted by molar-refractivity contribution is 7.92. The number of nitrogens with zero attached hydrogens (tertiary/aromatic N) is 3. The fourth-order valence-electron chi connectivity index (χ4n) is 4.55. The molecule has 182 valence electrons. The predicted octanol–water partition coefficient (Wildman–Crippen LogP) is 3.12. The monoisotopic (exact) mass is 497 g/mol. The highest BCUT2D eigenvalue weighted by Gasteiger charge is 2.36. The standard InChI is InChI=1S/C24H23N3O7S/c1-15-11-17-12-16(7-8-19(17)27(15)35(2,30)31)24(29)34-14-23(28)26-20(22-6-4-10-33-22)13-18(25-26)21-5-3-9-32-21/h3-10,12,15,20H,11,13-14H2,1-2H3. The Balaban J connectivity index is 1.30. The Hall–Kier alpha value is -3.86. The molecule has 1 amide bonds. The Morgan fingerprint density at radius 2 is 1.89 bits per heavy atom. The van der Waals surface area contributed by atoms with Gasteiger partial charge in [-0.05, 0) is 61.4 Å². The smallest absolute Gasteiger partial charge is 0.338 e. The van der Waals surface area contributed by atoms with Crippen molar-refractivity contribution in [1.82, 2.24) is 5.01 Å². The zero-order valence-electron chi connectivity index (χ0n) is 19.1. The third-order valence-corrected chi connectivity index (χ3v) is 7.27. The molecule has 0 bridgehead atoms. The fourth-order valence-corrected chi connectivity index (χ4v) is 5.81. The van der Waals surface area contributed by atoms with Gasteiger partial charge in [0.1, 0.15) is 23.3 Å². The van der Waals surface area contributed by atoms with E-state index in [1.807, 2.05) is 0 Å². The first kappa shape index (κ1) is 22.9. The molecule has 0 N–H and O–H groups in total. The SMILES string of the molecule is CC1Cc2cc(C(=O)OCC(=O)N3N=C(c4ccco4)CC3c3ccco3)ccc2N1S(C)(=O)=O. The van der Waals surface area contributed by atoms with Crippen LogP contribution in [0.2, 0.25) is 0 Å². The Morgan fingerprint density at radius 3 is 2.57 bits per heavy atom. The Kier molecular flexibility index (Phi) is 5.72. The first-order valence-corrected chi connectivity index (χ1v) is 12.8. The molecule has 4 heterocycles. The summed E-state index contributed by atoms with van der Waals surface area (Å²) in [4.78, 5) is 25.7. The fraction of sp³-hybridized carbons (Fsp3) is 0.292. The van der Waals surface area contributed by atoms with E-state index < -0.39 is 34.5 Å². The third kappa shape index (κ3) is 4.34. The number of hydrogen-bond donors (Lipinski definition) is 0. The minimum absolute atomic E-state index is 0.239. The number of rotatable bonds is 6. The van der Waals surface area contributed by atoms with Crippen molar-refractivity contribution in [1.29, 1.82) is 0 Å². The Labute approximate surface area is 201 Å². The molecule has 5 rings (SSSR count). The van der Waals surface area contributed by atoms with Crippen molar-refractivity contribution in [2.75, 3.05) is 17.2 Å². The van der Waals surface area contributed by atoms with Gasteiger partial charge in [0, 0.05) is 12.5 Å². The number of amides is 1. The zero-order chi connectivity index (χ0) is 24.7. The second-order valence-electron chi connectivity index (χ2n) is 8.53. The van der Waals surface area contributed by atoms with E-state index in [0.717, 1.165) is 11.8 Å². The third-order valence-electron chi connectivity index (χ3n) is 6.00. The topological polar surface area (TPSA) is 123 Å². The molecule has 2 aliphatic rings. The van der Waals surface area contributed by atoms with Crippen LogP contribution in [0.4, 0.5) is 5.69 Å². The maximum Gasteiger partial charge on any atom is 0.338 e. The number of hydrazone groups is 1. The Bertz CT molecular complexity index is 1390. The van der Waals surface area contributed by atoms with E-state index in [-0.39, 0.29) is 11.6 Å². The van der Waals surface area contributed by atoms with E-state index in [1.54, 1.807) is 43.3 Å². The van der Waals surface area contributed by atoms with Crippen molar-refractivity contribution >= 4 is 33.3 Å². The number of ether oxygens (including phenoxy) is 1. The Morgan fingerprint density at radius 1 is 1.11 bits per heavy atom. The van der Waals surface area contributed by atoms with Crippen molar-refractivity contribution in [2.24, 2.45) is 5.10 Å². The van der Waals surface area contributed by atoms with Gasteiger partial charge >= 0.3 is 5.97 Å². The summed E-state index contributed by atoms with van der Waals surface area (Å²) in [6, 6.07) is 10.9. The normalized spacial score (nSPS) is 19.5. The largest absolute Gasteiger partial charge is 0.467 e. The molecule has 2 aromatic heterocycles. The molecule has 35 heavy (non-hydrogen) atoms. The van der Waals surface area contributed by atoms with E-state index in [4.69, 9.17) is 13.6 Å². The summed E-state index contributed by atoms with van der Waals surface area (Å²) in [7, 11) is -3.43. The van der Waals surface area contributed by atoms with Crippen molar-refractivity contribution in [3.8, 4) is 0 Å². The lowest BCUT2D eigenvalue weighted by atomic mass is 10.1. The first-order chi connectivity index (χ1) is 16.7. The average Bonchev–Trinajstić information content (AvgIpc) is 3.59. The lowest BCUT2D eigenvalue weighted by Gasteiger charge is -2.22. The summed E-state index contributed by atoms with van der Waals surface area (Å²) in [5.41, 5.74) is 2.10. The van der Waals surface area contributed by atoms with Gasteiger partial charge in [0.2, 0.25) is 10.0 Å². The van der Waals surface area contributed by atoms with Crippen molar-refractivity contribution in [3.63, 3.8) is 0 Å². The molecule has 0 spiro atoms. The van der Waals surface area contributed by atoms with Gasteiger partial charge in [-0.1, -0.05) is 0 Å². The van der Waals surface area contributed by atoms with Gasteiger partial charge in [-0.25, -0.2) is 18.2 Å². The van der Waals surface area contributed by atoms with E-state index in [2.05, 4.69) is 5.10 Å². The van der Waals surface area contributed by atoms with Gasteiger partial charge in [0.15, 0.2) is 6.61 Å². The number of hydrogen-bond acceptors (Lipinski definition) is 8. The van der Waals surface area contributed by atoms with Crippen molar-refractivity contribution in [3.05, 3.63) is 77.6 Å². The second-order valence-corrected chi connectivity index (χ2v) is 10.4. The minimum Gasteiger partial charge on any atom is -0.467 e. The average molecular weight is 498 g/mol. The molecule has 2 aliphatic heterocycles. The molecule has 0 radical (unpaired) electrons. The van der Waals surface area contributed by atoms with Crippen LogP contribution in [-0.2, 0) is 26.0 Å². The molecule has 10 nitrogen and oxygen atoms in total. The number of anilines is 1. The van der Waals surface area contributed by atoms with Gasteiger partial charge in [-0.2, -0.15) is 5.10 Å². The maximum absolute atomic E-state index is 13.0.